The zero-order valence-electron chi connectivity index (χ0n) is 13.1. The highest BCUT2D eigenvalue weighted by Gasteiger charge is 2.27. The lowest BCUT2D eigenvalue weighted by molar-refractivity contribution is -0.131. The number of hydrogen-bond acceptors (Lipinski definition) is 5. The quantitative estimate of drug-likeness (QED) is 0.875. The fourth-order valence-electron chi connectivity index (χ4n) is 2.93. The van der Waals surface area contributed by atoms with Gasteiger partial charge < -0.3 is 10.2 Å². The molecule has 3 rings (SSSR count). The van der Waals surface area contributed by atoms with Crippen LogP contribution in [0.4, 0.5) is 0 Å². The van der Waals surface area contributed by atoms with Crippen molar-refractivity contribution >= 4 is 18.3 Å². The molecule has 1 atom stereocenters. The Bertz CT molecular complexity index is 615. The number of tetrazole rings is 1. The number of likely N-dealkylation sites (tertiary alicyclic amines) is 1. The van der Waals surface area contributed by atoms with Gasteiger partial charge in [0, 0.05) is 19.1 Å². The summed E-state index contributed by atoms with van der Waals surface area (Å²) in [6.07, 6.45) is 4.17. The first-order valence-corrected chi connectivity index (χ1v) is 7.54. The Labute approximate surface area is 141 Å². The van der Waals surface area contributed by atoms with Crippen LogP contribution in [0.25, 0.3) is 5.69 Å². The topological polar surface area (TPSA) is 75.9 Å². The van der Waals surface area contributed by atoms with Crippen LogP contribution >= 0.6 is 12.4 Å². The first-order valence-electron chi connectivity index (χ1n) is 7.54. The number of amides is 1. The summed E-state index contributed by atoms with van der Waals surface area (Å²) < 4.78 is 1.59. The Morgan fingerprint density at radius 3 is 2.78 bits per heavy atom. The summed E-state index contributed by atoms with van der Waals surface area (Å²) in [6.45, 7) is 1.73. The molecule has 0 aliphatic carbocycles. The van der Waals surface area contributed by atoms with Gasteiger partial charge in [0.05, 0.1) is 12.1 Å². The van der Waals surface area contributed by atoms with Crippen molar-refractivity contribution < 1.29 is 4.79 Å². The molecule has 8 heteroatoms. The molecule has 23 heavy (non-hydrogen) atoms. The molecule has 1 fully saturated rings. The number of nitrogens with one attached hydrogen (secondary N) is 1. The van der Waals surface area contributed by atoms with Crippen molar-refractivity contribution in [2.45, 2.75) is 25.3 Å². The van der Waals surface area contributed by atoms with Crippen LogP contribution in [0.2, 0.25) is 0 Å². The van der Waals surface area contributed by atoms with Gasteiger partial charge in [-0.15, -0.1) is 17.5 Å². The molecule has 2 heterocycles. The van der Waals surface area contributed by atoms with Crippen molar-refractivity contribution in [1.29, 1.82) is 0 Å². The second-order valence-corrected chi connectivity index (χ2v) is 5.54. The van der Waals surface area contributed by atoms with E-state index < -0.39 is 0 Å². The van der Waals surface area contributed by atoms with Gasteiger partial charge in [0.2, 0.25) is 5.91 Å². The molecule has 0 radical (unpaired) electrons. The van der Waals surface area contributed by atoms with Crippen molar-refractivity contribution in [1.82, 2.24) is 30.4 Å². The molecule has 7 nitrogen and oxygen atoms in total. The number of likely N-dealkylation sites (N-methyl/N-ethyl adjacent to an activating group) is 1. The van der Waals surface area contributed by atoms with Crippen molar-refractivity contribution in [2.75, 3.05) is 20.1 Å². The molecular weight excluding hydrogens is 316 g/mol. The van der Waals surface area contributed by atoms with Crippen LogP contribution < -0.4 is 5.32 Å². The Hall–Kier alpha value is -1.99. The van der Waals surface area contributed by atoms with Gasteiger partial charge in [0.25, 0.3) is 0 Å². The van der Waals surface area contributed by atoms with E-state index in [1.807, 2.05) is 36.2 Å². The first-order chi connectivity index (χ1) is 10.8. The van der Waals surface area contributed by atoms with E-state index in [1.54, 1.807) is 11.0 Å². The Balaban J connectivity index is 0.00000192. The third kappa shape index (κ3) is 4.05. The van der Waals surface area contributed by atoms with Gasteiger partial charge in [-0.1, -0.05) is 12.1 Å². The van der Waals surface area contributed by atoms with Gasteiger partial charge in [0.1, 0.15) is 6.33 Å². The number of rotatable bonds is 5. The minimum absolute atomic E-state index is 0. The minimum atomic E-state index is 0. The molecular formula is C15H21ClN6O. The lowest BCUT2D eigenvalue weighted by atomic mass is 10.1. The SMILES string of the molecule is CNCC1CCCN1C(=O)Cc1ccc(-n2cnnn2)cc1.Cl. The Kier molecular flexibility index (Phi) is 6.06. The molecule has 1 aromatic heterocycles. The van der Waals surface area contributed by atoms with E-state index in [-0.39, 0.29) is 18.3 Å². The highest BCUT2D eigenvalue weighted by molar-refractivity contribution is 5.85. The van der Waals surface area contributed by atoms with Crippen LogP contribution in [-0.2, 0) is 11.2 Å². The van der Waals surface area contributed by atoms with E-state index in [2.05, 4.69) is 20.8 Å². The number of benzene rings is 1. The zero-order valence-corrected chi connectivity index (χ0v) is 13.9. The molecule has 0 saturated carbocycles. The Morgan fingerprint density at radius 2 is 2.13 bits per heavy atom. The molecule has 0 bridgehead atoms. The summed E-state index contributed by atoms with van der Waals surface area (Å²) in [4.78, 5) is 14.5. The predicted molar refractivity (Wildman–Crippen MR) is 88.8 cm³/mol. The average Bonchev–Trinajstić information content (AvgIpc) is 3.19. The number of carbonyl (C=O) groups is 1. The third-order valence-corrected chi connectivity index (χ3v) is 4.04. The summed E-state index contributed by atoms with van der Waals surface area (Å²) in [5, 5.41) is 14.2. The lowest BCUT2D eigenvalue weighted by Gasteiger charge is -2.24. The fourth-order valence-corrected chi connectivity index (χ4v) is 2.93. The predicted octanol–water partition coefficient (Wildman–Crippen LogP) is 0.837. The number of aromatic nitrogens is 4. The standard InChI is InChI=1S/C15H20N6O.ClH/c1-16-10-14-3-2-8-20(14)15(22)9-12-4-6-13(7-5-12)21-11-17-18-19-21;/h4-7,11,14,16H,2-3,8-10H2,1H3;1H. The maximum Gasteiger partial charge on any atom is 0.227 e. The van der Waals surface area contributed by atoms with Crippen LogP contribution in [0.5, 0.6) is 0 Å². The van der Waals surface area contributed by atoms with Gasteiger partial charge in [-0.05, 0) is 48.0 Å². The summed E-state index contributed by atoms with van der Waals surface area (Å²) in [7, 11) is 1.93. The van der Waals surface area contributed by atoms with E-state index in [1.165, 1.54) is 0 Å². The van der Waals surface area contributed by atoms with Crippen molar-refractivity contribution in [3.8, 4) is 5.69 Å². The summed E-state index contributed by atoms with van der Waals surface area (Å²) in [5.74, 6) is 0.202. The van der Waals surface area contributed by atoms with Gasteiger partial charge in [-0.3, -0.25) is 4.79 Å². The molecule has 1 saturated heterocycles. The van der Waals surface area contributed by atoms with E-state index in [0.29, 0.717) is 12.5 Å². The maximum absolute atomic E-state index is 12.5. The van der Waals surface area contributed by atoms with Crippen molar-refractivity contribution in [3.05, 3.63) is 36.2 Å². The van der Waals surface area contributed by atoms with E-state index >= 15 is 0 Å². The summed E-state index contributed by atoms with van der Waals surface area (Å²) in [6, 6.07) is 8.09. The van der Waals surface area contributed by atoms with Crippen molar-refractivity contribution in [2.24, 2.45) is 0 Å². The van der Waals surface area contributed by atoms with Crippen LogP contribution in [0.3, 0.4) is 0 Å². The van der Waals surface area contributed by atoms with Crippen LogP contribution in [0.15, 0.2) is 30.6 Å². The molecule has 1 aliphatic heterocycles. The van der Waals surface area contributed by atoms with Gasteiger partial charge in [-0.25, -0.2) is 4.68 Å². The minimum Gasteiger partial charge on any atom is -0.338 e. The number of hydrogen-bond donors (Lipinski definition) is 1. The fraction of sp³-hybridized carbons (Fsp3) is 0.467. The van der Waals surface area contributed by atoms with E-state index in [0.717, 1.165) is 37.2 Å². The normalized spacial score (nSPS) is 17.1. The third-order valence-electron chi connectivity index (χ3n) is 4.04. The molecule has 124 valence electrons. The molecule has 1 aromatic carbocycles. The lowest BCUT2D eigenvalue weighted by Crippen LogP contribution is -2.41. The van der Waals surface area contributed by atoms with Gasteiger partial charge in [0.15, 0.2) is 0 Å². The highest BCUT2D eigenvalue weighted by atomic mass is 35.5. The summed E-state index contributed by atoms with van der Waals surface area (Å²) in [5.41, 5.74) is 1.90. The monoisotopic (exact) mass is 336 g/mol. The van der Waals surface area contributed by atoms with E-state index in [9.17, 15) is 4.79 Å². The van der Waals surface area contributed by atoms with Crippen LogP contribution in [-0.4, -0.2) is 57.2 Å². The molecule has 0 spiro atoms. The van der Waals surface area contributed by atoms with Crippen LogP contribution in [0, 0.1) is 0 Å². The average molecular weight is 337 g/mol. The number of halogens is 1. The second-order valence-electron chi connectivity index (χ2n) is 5.54. The number of carbonyl (C=O) groups excluding carboxylic acids is 1. The van der Waals surface area contributed by atoms with Crippen molar-refractivity contribution in [3.63, 3.8) is 0 Å². The van der Waals surface area contributed by atoms with Crippen LogP contribution in [0.1, 0.15) is 18.4 Å². The largest absolute Gasteiger partial charge is 0.338 e. The van der Waals surface area contributed by atoms with Gasteiger partial charge in [-0.2, -0.15) is 0 Å². The molecule has 1 N–H and O–H groups in total. The zero-order chi connectivity index (χ0) is 15.4. The molecule has 2 aromatic rings. The first kappa shape index (κ1) is 17.4. The molecule has 1 amide bonds. The highest BCUT2D eigenvalue weighted by Crippen LogP contribution is 2.18. The second kappa shape index (κ2) is 8.03. The molecule has 1 unspecified atom stereocenters. The summed E-state index contributed by atoms with van der Waals surface area (Å²) >= 11 is 0. The molecule has 1 aliphatic rings. The smallest absolute Gasteiger partial charge is 0.227 e. The Morgan fingerprint density at radius 1 is 1.35 bits per heavy atom. The van der Waals surface area contributed by atoms with Gasteiger partial charge >= 0.3 is 0 Å². The van der Waals surface area contributed by atoms with E-state index in [4.69, 9.17) is 0 Å². The number of nitrogens with zero attached hydrogens (tertiary/aromatic N) is 5. The maximum atomic E-state index is 12.5.